The summed E-state index contributed by atoms with van der Waals surface area (Å²) in [6, 6.07) is 10.7. The molecule has 150 valence electrons. The minimum atomic E-state index is -0.977. The number of halogens is 1. The number of carbonyl (C=O) groups is 2. The van der Waals surface area contributed by atoms with Gasteiger partial charge in [-0.2, -0.15) is 0 Å². The van der Waals surface area contributed by atoms with Gasteiger partial charge in [0.15, 0.2) is 0 Å². The molecule has 3 aromatic rings. The second kappa shape index (κ2) is 8.55. The lowest BCUT2D eigenvalue weighted by molar-refractivity contribution is -0.136. The maximum Gasteiger partial charge on any atom is 0.313 e. The van der Waals surface area contributed by atoms with Gasteiger partial charge in [-0.1, -0.05) is 18.2 Å². The molecule has 0 saturated heterocycles. The first-order chi connectivity index (χ1) is 13.9. The first kappa shape index (κ1) is 20.1. The van der Waals surface area contributed by atoms with Crippen LogP contribution in [-0.2, 0) is 16.6 Å². The average molecular weight is 396 g/mol. The Morgan fingerprint density at radius 1 is 1.17 bits per heavy atom. The zero-order valence-electron chi connectivity index (χ0n) is 16.3. The van der Waals surface area contributed by atoms with Crippen LogP contribution in [0.3, 0.4) is 0 Å². The van der Waals surface area contributed by atoms with Crippen LogP contribution in [0, 0.1) is 12.7 Å². The van der Waals surface area contributed by atoms with Crippen molar-refractivity contribution in [1.29, 1.82) is 0 Å². The fraction of sp³-hybridized carbons (Fsp3) is 0.190. The Morgan fingerprint density at radius 3 is 2.62 bits per heavy atom. The number of imidazole rings is 1. The highest BCUT2D eigenvalue weighted by atomic mass is 19.1. The van der Waals surface area contributed by atoms with E-state index in [-0.39, 0.29) is 5.69 Å². The summed E-state index contributed by atoms with van der Waals surface area (Å²) in [5.74, 6) is -1.38. The number of ether oxygens (including phenoxy) is 1. The summed E-state index contributed by atoms with van der Waals surface area (Å²) >= 11 is 0. The van der Waals surface area contributed by atoms with Gasteiger partial charge >= 0.3 is 11.8 Å². The van der Waals surface area contributed by atoms with Gasteiger partial charge in [0.1, 0.15) is 23.4 Å². The van der Waals surface area contributed by atoms with E-state index in [1.165, 1.54) is 19.2 Å². The van der Waals surface area contributed by atoms with Gasteiger partial charge < -0.3 is 19.9 Å². The van der Waals surface area contributed by atoms with E-state index in [2.05, 4.69) is 15.6 Å². The van der Waals surface area contributed by atoms with Crippen LogP contribution in [0.2, 0.25) is 0 Å². The molecule has 2 aromatic carbocycles. The van der Waals surface area contributed by atoms with Gasteiger partial charge in [0.05, 0.1) is 12.8 Å². The van der Waals surface area contributed by atoms with Gasteiger partial charge in [0, 0.05) is 19.4 Å². The van der Waals surface area contributed by atoms with E-state index in [4.69, 9.17) is 4.74 Å². The lowest BCUT2D eigenvalue weighted by Crippen LogP contribution is -2.39. The molecule has 0 aliphatic rings. The van der Waals surface area contributed by atoms with Gasteiger partial charge in [0.25, 0.3) is 0 Å². The van der Waals surface area contributed by atoms with Crippen molar-refractivity contribution in [3.05, 3.63) is 77.6 Å². The summed E-state index contributed by atoms with van der Waals surface area (Å²) in [6.45, 7) is 1.73. The van der Waals surface area contributed by atoms with E-state index in [0.717, 1.165) is 0 Å². The number of aryl methyl sites for hydroxylation is 2. The topological polar surface area (TPSA) is 85.2 Å². The van der Waals surface area contributed by atoms with Crippen molar-refractivity contribution in [3.8, 4) is 5.75 Å². The van der Waals surface area contributed by atoms with Gasteiger partial charge in [0.2, 0.25) is 0 Å². The monoisotopic (exact) mass is 396 g/mol. The average Bonchev–Trinajstić information content (AvgIpc) is 3.13. The molecule has 0 unspecified atom stereocenters. The molecule has 1 atom stereocenters. The van der Waals surface area contributed by atoms with Crippen LogP contribution >= 0.6 is 0 Å². The standard InChI is InChI=1S/C21H21FN4O3/c1-13-7-8-17(16(22)11-13)24-20(27)21(28)25-18(19-23-9-10-26(19)2)14-5-4-6-15(12-14)29-3/h4-12,18H,1-3H3,(H,24,27)(H,25,28)/t18-/m0/s1. The molecule has 2 N–H and O–H groups in total. The van der Waals surface area contributed by atoms with Crippen LogP contribution in [-0.4, -0.2) is 28.5 Å². The molecule has 0 spiro atoms. The highest BCUT2D eigenvalue weighted by Crippen LogP contribution is 2.24. The number of aromatic nitrogens is 2. The van der Waals surface area contributed by atoms with E-state index in [0.29, 0.717) is 22.7 Å². The fourth-order valence-electron chi connectivity index (χ4n) is 2.87. The van der Waals surface area contributed by atoms with Gasteiger partial charge in [-0.25, -0.2) is 9.37 Å². The molecule has 0 aliphatic heterocycles. The molecule has 0 aliphatic carbocycles. The van der Waals surface area contributed by atoms with Crippen LogP contribution in [0.25, 0.3) is 0 Å². The Balaban J connectivity index is 1.84. The molecular weight excluding hydrogens is 375 g/mol. The molecule has 0 bridgehead atoms. The number of anilines is 1. The van der Waals surface area contributed by atoms with Crippen molar-refractivity contribution < 1.29 is 18.7 Å². The molecule has 2 amide bonds. The number of carbonyl (C=O) groups excluding carboxylic acids is 2. The summed E-state index contributed by atoms with van der Waals surface area (Å²) in [5, 5.41) is 4.97. The third-order valence-corrected chi connectivity index (χ3v) is 4.40. The molecule has 8 heteroatoms. The van der Waals surface area contributed by atoms with Crippen molar-refractivity contribution in [1.82, 2.24) is 14.9 Å². The van der Waals surface area contributed by atoms with Crippen molar-refractivity contribution >= 4 is 17.5 Å². The number of hydrogen-bond acceptors (Lipinski definition) is 4. The number of methoxy groups -OCH3 is 1. The Hall–Kier alpha value is -3.68. The molecule has 0 fully saturated rings. The molecule has 0 radical (unpaired) electrons. The second-order valence-corrected chi connectivity index (χ2v) is 6.52. The number of nitrogens with one attached hydrogen (secondary N) is 2. The summed E-state index contributed by atoms with van der Waals surface area (Å²) in [6.07, 6.45) is 3.33. The molecule has 1 aromatic heterocycles. The Morgan fingerprint density at radius 2 is 1.97 bits per heavy atom. The molecule has 7 nitrogen and oxygen atoms in total. The molecule has 3 rings (SSSR count). The van der Waals surface area contributed by atoms with Gasteiger partial charge in [-0.3, -0.25) is 9.59 Å². The maximum absolute atomic E-state index is 14.0. The van der Waals surface area contributed by atoms with Crippen LogP contribution < -0.4 is 15.4 Å². The zero-order valence-corrected chi connectivity index (χ0v) is 16.3. The highest BCUT2D eigenvalue weighted by Gasteiger charge is 2.25. The van der Waals surface area contributed by atoms with Crippen molar-refractivity contribution in [2.24, 2.45) is 7.05 Å². The maximum atomic E-state index is 14.0. The van der Waals surface area contributed by atoms with Crippen molar-refractivity contribution in [3.63, 3.8) is 0 Å². The molecule has 29 heavy (non-hydrogen) atoms. The predicted molar refractivity (Wildman–Crippen MR) is 106 cm³/mol. The zero-order chi connectivity index (χ0) is 21.0. The highest BCUT2D eigenvalue weighted by molar-refractivity contribution is 6.39. The van der Waals surface area contributed by atoms with Gasteiger partial charge in [-0.15, -0.1) is 0 Å². The van der Waals surface area contributed by atoms with Crippen LogP contribution in [0.15, 0.2) is 54.9 Å². The summed E-state index contributed by atoms with van der Waals surface area (Å²) in [7, 11) is 3.32. The minimum absolute atomic E-state index is 0.0642. The van der Waals surface area contributed by atoms with E-state index in [1.54, 1.807) is 61.3 Å². The number of benzene rings is 2. The number of nitrogens with zero attached hydrogens (tertiary/aromatic N) is 2. The van der Waals surface area contributed by atoms with Crippen molar-refractivity contribution in [2.75, 3.05) is 12.4 Å². The lowest BCUT2D eigenvalue weighted by Gasteiger charge is -2.19. The van der Waals surface area contributed by atoms with E-state index in [9.17, 15) is 14.0 Å². The Kier molecular flexibility index (Phi) is 5.92. The molecule has 0 saturated carbocycles. The first-order valence-corrected chi connectivity index (χ1v) is 8.88. The largest absolute Gasteiger partial charge is 0.497 e. The first-order valence-electron chi connectivity index (χ1n) is 8.88. The Bertz CT molecular complexity index is 1050. The smallest absolute Gasteiger partial charge is 0.313 e. The van der Waals surface area contributed by atoms with E-state index in [1.807, 2.05) is 0 Å². The molecular formula is C21H21FN4O3. The summed E-state index contributed by atoms with van der Waals surface area (Å²) in [4.78, 5) is 29.2. The third-order valence-electron chi connectivity index (χ3n) is 4.40. The van der Waals surface area contributed by atoms with Crippen molar-refractivity contribution in [2.45, 2.75) is 13.0 Å². The quantitative estimate of drug-likeness (QED) is 0.650. The van der Waals surface area contributed by atoms with Crippen LogP contribution in [0.1, 0.15) is 23.0 Å². The van der Waals surface area contributed by atoms with Crippen LogP contribution in [0.5, 0.6) is 5.75 Å². The lowest BCUT2D eigenvalue weighted by atomic mass is 10.1. The number of amides is 2. The number of rotatable bonds is 5. The van der Waals surface area contributed by atoms with E-state index >= 15 is 0 Å². The summed E-state index contributed by atoms with van der Waals surface area (Å²) in [5.41, 5.74) is 1.32. The van der Waals surface area contributed by atoms with Gasteiger partial charge in [-0.05, 0) is 42.3 Å². The summed E-state index contributed by atoms with van der Waals surface area (Å²) < 4.78 is 21.0. The normalized spacial score (nSPS) is 11.6. The Labute approximate surface area is 167 Å². The number of hydrogen-bond donors (Lipinski definition) is 2. The minimum Gasteiger partial charge on any atom is -0.497 e. The molecule has 1 heterocycles. The second-order valence-electron chi connectivity index (χ2n) is 6.52. The van der Waals surface area contributed by atoms with Crippen LogP contribution in [0.4, 0.5) is 10.1 Å². The SMILES string of the molecule is COc1cccc([C@H](NC(=O)C(=O)Nc2ccc(C)cc2F)c2nccn2C)c1. The third kappa shape index (κ3) is 4.60. The van der Waals surface area contributed by atoms with E-state index < -0.39 is 23.7 Å². The fourth-order valence-corrected chi connectivity index (χ4v) is 2.87. The predicted octanol–water partition coefficient (Wildman–Crippen LogP) is 2.72.